The molecule has 7 heteroatoms. The van der Waals surface area contributed by atoms with Gasteiger partial charge in [0.25, 0.3) is 5.91 Å². The second kappa shape index (κ2) is 8.15. The largest absolute Gasteiger partial charge is 0.355 e. The zero-order valence-corrected chi connectivity index (χ0v) is 18.9. The Hall–Kier alpha value is -4.02. The summed E-state index contributed by atoms with van der Waals surface area (Å²) in [5, 5.41) is 17.8. The molecule has 1 aliphatic rings. The number of nitriles is 1. The number of aromatic nitrogens is 1. The Labute approximate surface area is 196 Å². The van der Waals surface area contributed by atoms with Gasteiger partial charge in [0.1, 0.15) is 23.3 Å². The summed E-state index contributed by atoms with van der Waals surface area (Å²) in [5.41, 5.74) is 5.51. The average Bonchev–Trinajstić information content (AvgIpc) is 3.24. The number of thiol groups is 1. The van der Waals surface area contributed by atoms with E-state index in [1.165, 1.54) is 0 Å². The molecule has 1 unspecified atom stereocenters. The van der Waals surface area contributed by atoms with Crippen LogP contribution < -0.4 is 10.2 Å². The number of carbonyl (C=O) groups excluding carboxylic acids is 1. The van der Waals surface area contributed by atoms with E-state index in [1.54, 1.807) is 0 Å². The predicted molar refractivity (Wildman–Crippen MR) is 130 cm³/mol. The van der Waals surface area contributed by atoms with Crippen LogP contribution in [0.4, 0.5) is 5.69 Å². The summed E-state index contributed by atoms with van der Waals surface area (Å²) in [6, 6.07) is 23.6. The molecule has 0 saturated heterocycles. The van der Waals surface area contributed by atoms with Crippen molar-refractivity contribution in [2.45, 2.75) is 20.0 Å². The maximum Gasteiger partial charge on any atom is 0.266 e. The number of anilines is 1. The fourth-order valence-electron chi connectivity index (χ4n) is 3.96. The van der Waals surface area contributed by atoms with E-state index < -0.39 is 12.1 Å². The van der Waals surface area contributed by atoms with Gasteiger partial charge in [-0.3, -0.25) is 4.79 Å². The quantitative estimate of drug-likeness (QED) is 0.406. The lowest BCUT2D eigenvalue weighted by Crippen LogP contribution is -2.46. The van der Waals surface area contributed by atoms with Gasteiger partial charge in [-0.1, -0.05) is 58.7 Å². The van der Waals surface area contributed by atoms with Crippen LogP contribution in [-0.4, -0.2) is 11.1 Å². The summed E-state index contributed by atoms with van der Waals surface area (Å²) in [7, 11) is 0. The van der Waals surface area contributed by atoms with Crippen LogP contribution in [0.1, 0.15) is 22.9 Å². The van der Waals surface area contributed by atoms with Crippen molar-refractivity contribution >= 4 is 35.1 Å². The molecule has 0 radical (unpaired) electrons. The number of nitrogens with one attached hydrogen (secondary N) is 1. The van der Waals surface area contributed by atoms with E-state index in [2.05, 4.69) is 23.1 Å². The Morgan fingerprint density at radius 2 is 1.70 bits per heavy atom. The van der Waals surface area contributed by atoms with Gasteiger partial charge in [0.2, 0.25) is 0 Å². The van der Waals surface area contributed by atoms with Crippen LogP contribution in [0.2, 0.25) is 0 Å². The summed E-state index contributed by atoms with van der Waals surface area (Å²) in [6.45, 7) is 4.04. The number of aryl methyl sites for hydroxylation is 2. The molecule has 1 amide bonds. The first-order valence-electron chi connectivity index (χ1n) is 10.4. The molecule has 6 nitrogen and oxygen atoms in total. The number of nitrogens with zero attached hydrogens (tertiary/aromatic N) is 3. The molecule has 5 rings (SSSR count). The molecule has 1 atom stereocenters. The number of amides is 1. The molecular weight excluding hydrogens is 432 g/mol. The minimum Gasteiger partial charge on any atom is -0.355 e. The van der Waals surface area contributed by atoms with Crippen LogP contribution >= 0.6 is 12.6 Å². The molecule has 0 bridgehead atoms. The first kappa shape index (κ1) is 20.9. The van der Waals surface area contributed by atoms with E-state index in [1.807, 2.05) is 91.5 Å². The highest BCUT2D eigenvalue weighted by atomic mass is 32.1. The topological polar surface area (TPSA) is 82.2 Å². The van der Waals surface area contributed by atoms with Gasteiger partial charge in [-0.15, -0.1) is 12.6 Å². The first-order valence-corrected chi connectivity index (χ1v) is 10.9. The van der Waals surface area contributed by atoms with Crippen LogP contribution in [0.15, 0.2) is 81.9 Å². The smallest absolute Gasteiger partial charge is 0.266 e. The van der Waals surface area contributed by atoms with E-state index in [-0.39, 0.29) is 5.57 Å². The third-order valence-corrected chi connectivity index (χ3v) is 6.20. The molecule has 3 aromatic carbocycles. The zero-order valence-electron chi connectivity index (χ0n) is 18.0. The Balaban J connectivity index is 1.65. The van der Waals surface area contributed by atoms with E-state index in [4.69, 9.17) is 4.52 Å². The lowest BCUT2D eigenvalue weighted by atomic mass is 10.0. The molecule has 2 heterocycles. The van der Waals surface area contributed by atoms with Crippen molar-refractivity contribution in [2.24, 2.45) is 0 Å². The number of carbonyl (C=O) groups is 1. The summed E-state index contributed by atoms with van der Waals surface area (Å²) in [5.74, 6) is 0.204. The molecule has 0 aliphatic carbocycles. The molecule has 1 N–H and O–H groups in total. The van der Waals surface area contributed by atoms with Crippen molar-refractivity contribution in [1.82, 2.24) is 10.5 Å². The van der Waals surface area contributed by atoms with Gasteiger partial charge in [-0.2, -0.15) is 5.26 Å². The van der Waals surface area contributed by atoms with Gasteiger partial charge in [0, 0.05) is 11.3 Å². The van der Waals surface area contributed by atoms with E-state index in [0.717, 1.165) is 38.8 Å². The van der Waals surface area contributed by atoms with Gasteiger partial charge < -0.3 is 14.7 Å². The summed E-state index contributed by atoms with van der Waals surface area (Å²) >= 11 is 4.58. The van der Waals surface area contributed by atoms with E-state index in [9.17, 15) is 10.1 Å². The van der Waals surface area contributed by atoms with Crippen LogP contribution in [0, 0.1) is 25.2 Å². The highest BCUT2D eigenvalue weighted by molar-refractivity contribution is 7.84. The molecular formula is C26H20N4O2S. The maximum atomic E-state index is 12.7. The predicted octanol–water partition coefficient (Wildman–Crippen LogP) is 5.41. The molecule has 1 aromatic heterocycles. The Kier molecular flexibility index (Phi) is 5.15. The average molecular weight is 453 g/mol. The monoisotopic (exact) mass is 452 g/mol. The third-order valence-electron chi connectivity index (χ3n) is 5.76. The van der Waals surface area contributed by atoms with Crippen molar-refractivity contribution in [3.63, 3.8) is 0 Å². The Morgan fingerprint density at radius 3 is 2.36 bits per heavy atom. The lowest BCUT2D eigenvalue weighted by Gasteiger charge is -2.38. The number of hydrogen-bond donors (Lipinski definition) is 2. The number of fused-ring (bicyclic) bond motifs is 1. The number of hydrogen-bond acceptors (Lipinski definition) is 6. The van der Waals surface area contributed by atoms with Crippen LogP contribution in [0.5, 0.6) is 0 Å². The standard InChI is InChI=1S/C26H20N4O2S/c1-15-3-7-17(8-4-15)23-20-13-18(9-12-22(20)29-32-23)24-28-25(31)21(14-27)26(33)30(24)19-10-5-16(2)6-11-19/h3-13,24,33H,1-2H3,(H,28,31). The summed E-state index contributed by atoms with van der Waals surface area (Å²) < 4.78 is 5.67. The minimum absolute atomic E-state index is 0.0263. The van der Waals surface area contributed by atoms with Gasteiger partial charge in [0.05, 0.1) is 10.4 Å². The second-order valence-electron chi connectivity index (χ2n) is 8.05. The highest BCUT2D eigenvalue weighted by Gasteiger charge is 2.34. The second-order valence-corrected chi connectivity index (χ2v) is 8.47. The van der Waals surface area contributed by atoms with Crippen molar-refractivity contribution in [3.8, 4) is 17.4 Å². The fraction of sp³-hybridized carbons (Fsp3) is 0.115. The molecule has 4 aromatic rings. The van der Waals surface area contributed by atoms with Crippen LogP contribution in [0.25, 0.3) is 22.2 Å². The van der Waals surface area contributed by atoms with Crippen molar-refractivity contribution in [3.05, 3.63) is 94.0 Å². The minimum atomic E-state index is -0.560. The molecule has 162 valence electrons. The van der Waals surface area contributed by atoms with Crippen molar-refractivity contribution in [2.75, 3.05) is 4.90 Å². The summed E-state index contributed by atoms with van der Waals surface area (Å²) in [4.78, 5) is 14.5. The number of benzene rings is 3. The molecule has 0 spiro atoms. The maximum absolute atomic E-state index is 12.7. The Bertz CT molecular complexity index is 1450. The molecule has 0 fully saturated rings. The fourth-order valence-corrected chi connectivity index (χ4v) is 4.34. The number of rotatable bonds is 3. The van der Waals surface area contributed by atoms with Gasteiger partial charge in [-0.25, -0.2) is 0 Å². The van der Waals surface area contributed by atoms with Crippen molar-refractivity contribution in [1.29, 1.82) is 5.26 Å². The molecule has 33 heavy (non-hydrogen) atoms. The van der Waals surface area contributed by atoms with Gasteiger partial charge in [0.15, 0.2) is 5.76 Å². The molecule has 1 aliphatic heterocycles. The van der Waals surface area contributed by atoms with Crippen LogP contribution in [-0.2, 0) is 4.79 Å². The third kappa shape index (κ3) is 3.65. The van der Waals surface area contributed by atoms with E-state index in [0.29, 0.717) is 10.8 Å². The van der Waals surface area contributed by atoms with Crippen molar-refractivity contribution < 1.29 is 9.32 Å². The van der Waals surface area contributed by atoms with Gasteiger partial charge in [-0.05, 0) is 43.7 Å². The van der Waals surface area contributed by atoms with Crippen LogP contribution in [0.3, 0.4) is 0 Å². The zero-order chi connectivity index (χ0) is 23.1. The Morgan fingerprint density at radius 1 is 1.03 bits per heavy atom. The lowest BCUT2D eigenvalue weighted by molar-refractivity contribution is -0.118. The van der Waals surface area contributed by atoms with Gasteiger partial charge >= 0.3 is 0 Å². The normalized spacial score (nSPS) is 16.1. The SMILES string of the molecule is Cc1ccc(-c2onc3ccc(C4NC(=O)C(C#N)=C(S)N4c4ccc(C)cc4)cc23)cc1. The molecule has 0 saturated carbocycles. The first-order chi connectivity index (χ1) is 16.0. The highest BCUT2D eigenvalue weighted by Crippen LogP contribution is 2.38. The summed E-state index contributed by atoms with van der Waals surface area (Å²) in [6.07, 6.45) is -0.560. The van der Waals surface area contributed by atoms with E-state index >= 15 is 0 Å².